The fraction of sp³-hybridized carbons (Fsp3) is 0.800. The lowest BCUT2D eigenvalue weighted by molar-refractivity contribution is -0.158. The third kappa shape index (κ3) is 5.73. The van der Waals surface area contributed by atoms with Gasteiger partial charge < -0.3 is 14.7 Å². The number of halogens is 1. The Kier molecular flexibility index (Phi) is 7.58. The highest BCUT2D eigenvalue weighted by Crippen LogP contribution is 2.15. The first-order valence-electron chi connectivity index (χ1n) is 7.72. The molecule has 0 saturated carbocycles. The molecule has 0 radical (unpaired) electrons. The molecular weight excluding hydrogens is 397 g/mol. The van der Waals surface area contributed by atoms with E-state index < -0.39 is 0 Å². The predicted molar refractivity (Wildman–Crippen MR) is 93.0 cm³/mol. The van der Waals surface area contributed by atoms with E-state index in [0.29, 0.717) is 19.3 Å². The Morgan fingerprint density at radius 2 is 1.27 bits per heavy atom. The van der Waals surface area contributed by atoms with Crippen molar-refractivity contribution in [2.24, 2.45) is 5.92 Å². The van der Waals surface area contributed by atoms with Crippen LogP contribution < -0.4 is 0 Å². The van der Waals surface area contributed by atoms with Crippen LogP contribution in [0.25, 0.3) is 0 Å². The SMILES string of the molecule is CCC(=O)N1CN(C(=O)CC(C)C)CN(C(=O)C[C@H](C)I)C1. The summed E-state index contributed by atoms with van der Waals surface area (Å²) in [5.41, 5.74) is 0. The molecule has 0 bridgehead atoms. The molecular formula is C15H26IN3O3. The van der Waals surface area contributed by atoms with Crippen LogP contribution in [0.1, 0.15) is 47.0 Å². The molecule has 1 saturated heterocycles. The number of nitrogens with zero attached hydrogens (tertiary/aromatic N) is 3. The van der Waals surface area contributed by atoms with Gasteiger partial charge in [0.2, 0.25) is 17.7 Å². The molecule has 3 amide bonds. The number of alkyl halides is 1. The molecule has 0 aliphatic carbocycles. The molecule has 0 aromatic heterocycles. The molecule has 22 heavy (non-hydrogen) atoms. The van der Waals surface area contributed by atoms with E-state index in [-0.39, 0.29) is 47.6 Å². The van der Waals surface area contributed by atoms with Gasteiger partial charge in [-0.05, 0) is 5.92 Å². The Morgan fingerprint density at radius 1 is 0.864 bits per heavy atom. The molecule has 7 heteroatoms. The smallest absolute Gasteiger partial charge is 0.226 e. The van der Waals surface area contributed by atoms with Crippen molar-refractivity contribution in [3.8, 4) is 0 Å². The Hall–Kier alpha value is -0.860. The second-order valence-corrected chi connectivity index (χ2v) is 8.29. The van der Waals surface area contributed by atoms with Gasteiger partial charge in [-0.1, -0.05) is 50.3 Å². The van der Waals surface area contributed by atoms with E-state index in [1.54, 1.807) is 21.6 Å². The number of hydrogen-bond donors (Lipinski definition) is 0. The highest BCUT2D eigenvalue weighted by atomic mass is 127. The molecule has 1 aliphatic heterocycles. The lowest BCUT2D eigenvalue weighted by atomic mass is 10.1. The summed E-state index contributed by atoms with van der Waals surface area (Å²) in [5.74, 6) is 0.187. The maximum Gasteiger partial charge on any atom is 0.226 e. The van der Waals surface area contributed by atoms with E-state index in [1.165, 1.54) is 0 Å². The number of hydrogen-bond acceptors (Lipinski definition) is 3. The fourth-order valence-corrected chi connectivity index (χ4v) is 2.67. The Morgan fingerprint density at radius 3 is 1.64 bits per heavy atom. The van der Waals surface area contributed by atoms with Gasteiger partial charge in [0.15, 0.2) is 0 Å². The summed E-state index contributed by atoms with van der Waals surface area (Å²) in [5, 5.41) is 0. The van der Waals surface area contributed by atoms with Crippen molar-refractivity contribution < 1.29 is 14.4 Å². The number of amides is 3. The van der Waals surface area contributed by atoms with Gasteiger partial charge in [-0.3, -0.25) is 14.4 Å². The second kappa shape index (κ2) is 8.69. The monoisotopic (exact) mass is 423 g/mol. The minimum Gasteiger partial charge on any atom is -0.307 e. The van der Waals surface area contributed by atoms with Crippen molar-refractivity contribution in [2.45, 2.75) is 50.9 Å². The lowest BCUT2D eigenvalue weighted by Crippen LogP contribution is -2.59. The molecule has 6 nitrogen and oxygen atoms in total. The molecule has 1 heterocycles. The van der Waals surface area contributed by atoms with Crippen molar-refractivity contribution in [2.75, 3.05) is 20.0 Å². The molecule has 1 rings (SSSR count). The normalized spacial score (nSPS) is 16.9. The van der Waals surface area contributed by atoms with Gasteiger partial charge in [-0.25, -0.2) is 0 Å². The number of carbonyl (C=O) groups is 3. The third-order valence-corrected chi connectivity index (χ3v) is 3.86. The molecule has 0 N–H and O–H groups in total. The average molecular weight is 423 g/mol. The summed E-state index contributed by atoms with van der Waals surface area (Å²) in [6, 6.07) is 0. The maximum absolute atomic E-state index is 12.3. The van der Waals surface area contributed by atoms with Gasteiger partial charge in [0.25, 0.3) is 0 Å². The van der Waals surface area contributed by atoms with Crippen LogP contribution >= 0.6 is 22.6 Å². The summed E-state index contributed by atoms with van der Waals surface area (Å²) >= 11 is 2.21. The van der Waals surface area contributed by atoms with Gasteiger partial charge in [-0.2, -0.15) is 0 Å². The van der Waals surface area contributed by atoms with Crippen LogP contribution in [0, 0.1) is 5.92 Å². The van der Waals surface area contributed by atoms with Crippen LogP contribution in [0.2, 0.25) is 0 Å². The molecule has 1 fully saturated rings. The average Bonchev–Trinajstić information content (AvgIpc) is 2.44. The zero-order valence-corrected chi connectivity index (χ0v) is 16.0. The van der Waals surface area contributed by atoms with Crippen LogP contribution in [-0.2, 0) is 14.4 Å². The van der Waals surface area contributed by atoms with Gasteiger partial charge in [0.05, 0.1) is 20.0 Å². The van der Waals surface area contributed by atoms with Crippen molar-refractivity contribution >= 4 is 40.3 Å². The molecule has 0 unspecified atom stereocenters. The minimum atomic E-state index is -0.0395. The molecule has 126 valence electrons. The van der Waals surface area contributed by atoms with Crippen LogP contribution in [0.15, 0.2) is 0 Å². The van der Waals surface area contributed by atoms with Crippen LogP contribution in [0.3, 0.4) is 0 Å². The fourth-order valence-electron chi connectivity index (χ4n) is 2.30. The second-order valence-electron chi connectivity index (χ2n) is 6.16. The molecule has 0 spiro atoms. The van der Waals surface area contributed by atoms with Gasteiger partial charge in [0.1, 0.15) is 0 Å². The van der Waals surface area contributed by atoms with Gasteiger partial charge in [-0.15, -0.1) is 0 Å². The first-order valence-corrected chi connectivity index (χ1v) is 8.96. The van der Waals surface area contributed by atoms with Crippen LogP contribution in [0.5, 0.6) is 0 Å². The zero-order valence-electron chi connectivity index (χ0n) is 13.8. The van der Waals surface area contributed by atoms with Crippen molar-refractivity contribution in [3.63, 3.8) is 0 Å². The summed E-state index contributed by atoms with van der Waals surface area (Å²) < 4.78 is 0.224. The highest BCUT2D eigenvalue weighted by molar-refractivity contribution is 14.1. The maximum atomic E-state index is 12.3. The minimum absolute atomic E-state index is 0.0103. The van der Waals surface area contributed by atoms with E-state index in [9.17, 15) is 14.4 Å². The molecule has 1 atom stereocenters. The summed E-state index contributed by atoms with van der Waals surface area (Å²) in [4.78, 5) is 41.4. The third-order valence-electron chi connectivity index (χ3n) is 3.42. The van der Waals surface area contributed by atoms with Gasteiger partial charge in [0, 0.05) is 23.2 Å². The van der Waals surface area contributed by atoms with E-state index in [1.807, 2.05) is 20.8 Å². The Bertz CT molecular complexity index is 396. The molecule has 1 aliphatic rings. The highest BCUT2D eigenvalue weighted by Gasteiger charge is 2.31. The quantitative estimate of drug-likeness (QED) is 0.502. The summed E-state index contributed by atoms with van der Waals surface area (Å²) in [6.07, 6.45) is 1.22. The topological polar surface area (TPSA) is 60.9 Å². The van der Waals surface area contributed by atoms with E-state index in [2.05, 4.69) is 22.6 Å². The largest absolute Gasteiger partial charge is 0.307 e. The lowest BCUT2D eigenvalue weighted by Gasteiger charge is -2.42. The van der Waals surface area contributed by atoms with E-state index in [0.717, 1.165) is 0 Å². The zero-order chi connectivity index (χ0) is 16.9. The van der Waals surface area contributed by atoms with Crippen LogP contribution in [0.4, 0.5) is 0 Å². The molecule has 0 aromatic carbocycles. The Balaban J connectivity index is 2.83. The summed E-state index contributed by atoms with van der Waals surface area (Å²) in [7, 11) is 0. The first-order chi connectivity index (χ1) is 10.2. The standard InChI is InChI=1S/C15H26IN3O3/c1-5-13(20)17-8-18(14(21)6-11(2)3)10-19(9-17)15(22)7-12(4)16/h11-12H,5-10H2,1-4H3/t12-/m0/s1. The van der Waals surface area contributed by atoms with Crippen LogP contribution in [-0.4, -0.2) is 56.4 Å². The van der Waals surface area contributed by atoms with E-state index in [4.69, 9.17) is 0 Å². The number of rotatable bonds is 5. The van der Waals surface area contributed by atoms with E-state index >= 15 is 0 Å². The van der Waals surface area contributed by atoms with Crippen molar-refractivity contribution in [1.82, 2.24) is 14.7 Å². The summed E-state index contributed by atoms with van der Waals surface area (Å²) in [6.45, 7) is 8.56. The predicted octanol–water partition coefficient (Wildman–Crippen LogP) is 2.03. The Labute approximate surface area is 146 Å². The number of carbonyl (C=O) groups excluding carboxylic acids is 3. The van der Waals surface area contributed by atoms with Gasteiger partial charge >= 0.3 is 0 Å². The van der Waals surface area contributed by atoms with Crippen molar-refractivity contribution in [1.29, 1.82) is 0 Å². The molecule has 0 aromatic rings. The van der Waals surface area contributed by atoms with Crippen molar-refractivity contribution in [3.05, 3.63) is 0 Å². The first kappa shape index (κ1) is 19.2.